The fourth-order valence-electron chi connectivity index (χ4n) is 2.85. The summed E-state index contributed by atoms with van der Waals surface area (Å²) in [6, 6.07) is 14.7. The molecule has 0 saturated heterocycles. The van der Waals surface area contributed by atoms with Gasteiger partial charge in [0.1, 0.15) is 5.82 Å². The van der Waals surface area contributed by atoms with Crippen molar-refractivity contribution in [2.45, 2.75) is 32.9 Å². The van der Waals surface area contributed by atoms with Gasteiger partial charge in [-0.3, -0.25) is 4.79 Å². The Morgan fingerprint density at radius 2 is 2.00 bits per heavy atom. The molecule has 0 aliphatic rings. The van der Waals surface area contributed by atoms with E-state index < -0.39 is 0 Å². The van der Waals surface area contributed by atoms with Gasteiger partial charge in [-0.05, 0) is 54.1 Å². The molecular weight excluding hydrogens is 303 g/mol. The number of fused-ring (bicyclic) bond motifs is 1. The summed E-state index contributed by atoms with van der Waals surface area (Å²) in [5.74, 6) is -0.306. The molecule has 0 saturated carbocycles. The molecule has 0 bridgehead atoms. The number of carbonyl (C=O) groups excluding carboxylic acids is 1. The molecule has 0 fully saturated rings. The van der Waals surface area contributed by atoms with Gasteiger partial charge in [0.25, 0.3) is 0 Å². The average molecular weight is 324 g/mol. The van der Waals surface area contributed by atoms with Gasteiger partial charge < -0.3 is 9.88 Å². The van der Waals surface area contributed by atoms with E-state index in [1.165, 1.54) is 23.0 Å². The van der Waals surface area contributed by atoms with Gasteiger partial charge in [-0.25, -0.2) is 4.39 Å². The first kappa shape index (κ1) is 16.2. The minimum absolute atomic E-state index is 0.0229. The molecule has 0 spiro atoms. The SMILES string of the molecule is CCn1ccc2ccc(CCC(=O)NCc3cccc(F)c3)cc21. The summed E-state index contributed by atoms with van der Waals surface area (Å²) < 4.78 is 15.3. The molecule has 3 nitrogen and oxygen atoms in total. The number of rotatable bonds is 6. The van der Waals surface area contributed by atoms with Crippen molar-refractivity contribution in [3.05, 3.63) is 71.7 Å². The minimum atomic E-state index is -0.283. The molecule has 1 heterocycles. The van der Waals surface area contributed by atoms with E-state index >= 15 is 0 Å². The Hall–Kier alpha value is -2.62. The number of nitrogens with zero attached hydrogens (tertiary/aromatic N) is 1. The van der Waals surface area contributed by atoms with Gasteiger partial charge in [-0.2, -0.15) is 0 Å². The Kier molecular flexibility index (Phi) is 4.94. The molecule has 0 atom stereocenters. The third kappa shape index (κ3) is 3.82. The van der Waals surface area contributed by atoms with Gasteiger partial charge in [0.15, 0.2) is 0 Å². The predicted octanol–water partition coefficient (Wildman–Crippen LogP) is 4.05. The predicted molar refractivity (Wildman–Crippen MR) is 94.2 cm³/mol. The number of hydrogen-bond acceptors (Lipinski definition) is 1. The van der Waals surface area contributed by atoms with Gasteiger partial charge in [0.2, 0.25) is 5.91 Å². The second kappa shape index (κ2) is 7.30. The van der Waals surface area contributed by atoms with Crippen molar-refractivity contribution in [1.82, 2.24) is 9.88 Å². The molecule has 124 valence electrons. The van der Waals surface area contributed by atoms with Crippen molar-refractivity contribution in [2.24, 2.45) is 0 Å². The third-order valence-corrected chi connectivity index (χ3v) is 4.20. The molecule has 1 amide bonds. The van der Waals surface area contributed by atoms with E-state index in [4.69, 9.17) is 0 Å². The lowest BCUT2D eigenvalue weighted by atomic mass is 10.1. The molecule has 3 rings (SSSR count). The highest BCUT2D eigenvalue weighted by Gasteiger charge is 2.05. The van der Waals surface area contributed by atoms with Crippen molar-refractivity contribution in [1.29, 1.82) is 0 Å². The molecular formula is C20H21FN2O. The number of aromatic nitrogens is 1. The van der Waals surface area contributed by atoms with E-state index in [1.807, 2.05) is 0 Å². The highest BCUT2D eigenvalue weighted by Crippen LogP contribution is 2.18. The lowest BCUT2D eigenvalue weighted by molar-refractivity contribution is -0.121. The van der Waals surface area contributed by atoms with Crippen molar-refractivity contribution in [3.63, 3.8) is 0 Å². The van der Waals surface area contributed by atoms with Crippen LogP contribution in [0.4, 0.5) is 4.39 Å². The first-order chi connectivity index (χ1) is 11.7. The highest BCUT2D eigenvalue weighted by molar-refractivity contribution is 5.81. The summed E-state index contributed by atoms with van der Waals surface area (Å²) in [4.78, 5) is 12.0. The Labute approximate surface area is 141 Å². The normalized spacial score (nSPS) is 10.9. The molecule has 2 aromatic carbocycles. The van der Waals surface area contributed by atoms with E-state index in [9.17, 15) is 9.18 Å². The first-order valence-corrected chi connectivity index (χ1v) is 8.24. The van der Waals surface area contributed by atoms with Crippen molar-refractivity contribution >= 4 is 16.8 Å². The lowest BCUT2D eigenvalue weighted by Crippen LogP contribution is -2.23. The van der Waals surface area contributed by atoms with Crippen molar-refractivity contribution in [2.75, 3.05) is 0 Å². The quantitative estimate of drug-likeness (QED) is 0.729. The molecule has 0 radical (unpaired) electrons. The van der Waals surface area contributed by atoms with E-state index in [-0.39, 0.29) is 11.7 Å². The zero-order valence-electron chi connectivity index (χ0n) is 13.8. The van der Waals surface area contributed by atoms with Crippen LogP contribution >= 0.6 is 0 Å². The van der Waals surface area contributed by atoms with Gasteiger partial charge >= 0.3 is 0 Å². The van der Waals surface area contributed by atoms with Crippen LogP contribution in [0.5, 0.6) is 0 Å². The fraction of sp³-hybridized carbons (Fsp3) is 0.250. The van der Waals surface area contributed by atoms with E-state index in [1.54, 1.807) is 12.1 Å². The van der Waals surface area contributed by atoms with Crippen LogP contribution in [0.15, 0.2) is 54.7 Å². The van der Waals surface area contributed by atoms with Gasteiger partial charge in [0.05, 0.1) is 0 Å². The molecule has 4 heteroatoms. The van der Waals surface area contributed by atoms with E-state index in [0.29, 0.717) is 19.4 Å². The summed E-state index contributed by atoms with van der Waals surface area (Å²) >= 11 is 0. The summed E-state index contributed by atoms with van der Waals surface area (Å²) in [5, 5.41) is 4.06. The highest BCUT2D eigenvalue weighted by atomic mass is 19.1. The van der Waals surface area contributed by atoms with Crippen LogP contribution in [0.1, 0.15) is 24.5 Å². The smallest absolute Gasteiger partial charge is 0.220 e. The molecule has 0 aliphatic heterocycles. The van der Waals surface area contributed by atoms with Crippen molar-refractivity contribution in [3.8, 4) is 0 Å². The van der Waals surface area contributed by atoms with Gasteiger partial charge in [-0.15, -0.1) is 0 Å². The molecule has 0 unspecified atom stereocenters. The molecule has 1 aromatic heterocycles. The minimum Gasteiger partial charge on any atom is -0.352 e. The third-order valence-electron chi connectivity index (χ3n) is 4.20. The average Bonchev–Trinajstić information content (AvgIpc) is 3.00. The maximum absolute atomic E-state index is 13.1. The van der Waals surface area contributed by atoms with Crippen LogP contribution in [0.25, 0.3) is 10.9 Å². The van der Waals surface area contributed by atoms with Crippen LogP contribution < -0.4 is 5.32 Å². The monoisotopic (exact) mass is 324 g/mol. The maximum Gasteiger partial charge on any atom is 0.220 e. The summed E-state index contributed by atoms with van der Waals surface area (Å²) in [6.07, 6.45) is 3.20. The van der Waals surface area contributed by atoms with Crippen LogP contribution in [-0.2, 0) is 24.3 Å². The summed E-state index contributed by atoms with van der Waals surface area (Å²) in [5.41, 5.74) is 3.12. The number of hydrogen-bond donors (Lipinski definition) is 1. The Bertz CT molecular complexity index is 854. The Balaban J connectivity index is 1.56. The number of benzene rings is 2. The number of carbonyl (C=O) groups is 1. The zero-order chi connectivity index (χ0) is 16.9. The number of amides is 1. The first-order valence-electron chi connectivity index (χ1n) is 8.24. The summed E-state index contributed by atoms with van der Waals surface area (Å²) in [7, 11) is 0. The Morgan fingerprint density at radius 1 is 1.12 bits per heavy atom. The van der Waals surface area contributed by atoms with Gasteiger partial charge in [0, 0.05) is 31.2 Å². The topological polar surface area (TPSA) is 34.0 Å². The number of halogens is 1. The lowest BCUT2D eigenvalue weighted by Gasteiger charge is -2.07. The number of nitrogens with one attached hydrogen (secondary N) is 1. The van der Waals surface area contributed by atoms with Gasteiger partial charge in [-0.1, -0.05) is 24.3 Å². The standard InChI is InChI=1S/C20H21FN2O/c1-2-23-11-10-17-8-6-15(13-19(17)23)7-9-20(24)22-14-16-4-3-5-18(21)12-16/h3-6,8,10-13H,2,7,9,14H2,1H3,(H,22,24). The molecule has 1 N–H and O–H groups in total. The fourth-order valence-corrected chi connectivity index (χ4v) is 2.85. The van der Waals surface area contributed by atoms with Crippen LogP contribution in [-0.4, -0.2) is 10.5 Å². The second-order valence-electron chi connectivity index (χ2n) is 5.90. The second-order valence-corrected chi connectivity index (χ2v) is 5.90. The molecule has 0 aliphatic carbocycles. The largest absolute Gasteiger partial charge is 0.352 e. The van der Waals surface area contributed by atoms with Crippen LogP contribution in [0.2, 0.25) is 0 Å². The maximum atomic E-state index is 13.1. The Morgan fingerprint density at radius 3 is 2.79 bits per heavy atom. The molecule has 3 aromatic rings. The summed E-state index contributed by atoms with van der Waals surface area (Å²) in [6.45, 7) is 3.40. The molecule has 24 heavy (non-hydrogen) atoms. The van der Waals surface area contributed by atoms with E-state index in [2.05, 4.69) is 47.3 Å². The van der Waals surface area contributed by atoms with Crippen LogP contribution in [0.3, 0.4) is 0 Å². The number of aryl methyl sites for hydroxylation is 2. The van der Waals surface area contributed by atoms with Crippen LogP contribution in [0, 0.1) is 5.82 Å². The zero-order valence-corrected chi connectivity index (χ0v) is 13.8. The van der Waals surface area contributed by atoms with E-state index in [0.717, 1.165) is 17.7 Å². The van der Waals surface area contributed by atoms with Crippen molar-refractivity contribution < 1.29 is 9.18 Å².